The van der Waals surface area contributed by atoms with Gasteiger partial charge in [0.15, 0.2) is 5.58 Å². The number of carboxylic acids is 1. The van der Waals surface area contributed by atoms with Crippen LogP contribution in [-0.4, -0.2) is 23.1 Å². The van der Waals surface area contributed by atoms with Crippen molar-refractivity contribution < 1.29 is 24.0 Å². The van der Waals surface area contributed by atoms with E-state index in [1.807, 2.05) is 18.2 Å². The number of para-hydroxylation sites is 1. The summed E-state index contributed by atoms with van der Waals surface area (Å²) in [5, 5.41) is 21.7. The number of carbonyl (C=O) groups is 1. The molecule has 0 aliphatic carbocycles. The smallest absolute Gasteiger partial charge is 0.315 e. The summed E-state index contributed by atoms with van der Waals surface area (Å²) in [6.45, 7) is 0. The molecule has 0 atom stereocenters. The third-order valence-electron chi connectivity index (χ3n) is 3.90. The Kier molecular flexibility index (Phi) is 4.07. The van der Waals surface area contributed by atoms with Gasteiger partial charge in [0.1, 0.15) is 5.58 Å². The third kappa shape index (κ3) is 2.64. The lowest BCUT2D eigenvalue weighted by molar-refractivity contribution is -0.385. The van der Waals surface area contributed by atoms with Crippen molar-refractivity contribution in [2.24, 2.45) is 0 Å². The molecule has 124 valence electrons. The first-order chi connectivity index (χ1) is 11.5. The van der Waals surface area contributed by atoms with Crippen LogP contribution >= 0.6 is 0 Å². The highest BCUT2D eigenvalue weighted by atomic mass is 16.6. The van der Waals surface area contributed by atoms with Gasteiger partial charge in [-0.05, 0) is 24.5 Å². The zero-order chi connectivity index (χ0) is 17.3. The quantitative estimate of drug-likeness (QED) is 0.543. The van der Waals surface area contributed by atoms with E-state index in [0.29, 0.717) is 29.6 Å². The van der Waals surface area contributed by atoms with E-state index < -0.39 is 10.9 Å². The van der Waals surface area contributed by atoms with Gasteiger partial charge in [0.05, 0.1) is 12.0 Å². The Labute approximate surface area is 136 Å². The van der Waals surface area contributed by atoms with Crippen molar-refractivity contribution in [2.75, 3.05) is 7.11 Å². The molecular formula is C17H15NO6. The lowest BCUT2D eigenvalue weighted by atomic mass is 10.00. The number of furan rings is 1. The summed E-state index contributed by atoms with van der Waals surface area (Å²) in [5.41, 5.74) is 1.42. The van der Waals surface area contributed by atoms with Crippen LogP contribution in [0.1, 0.15) is 18.4 Å². The number of aryl methyl sites for hydroxylation is 1. The average molecular weight is 329 g/mol. The normalized spacial score (nSPS) is 11.0. The first kappa shape index (κ1) is 15.8. The number of ether oxygens (including phenoxy) is 1. The number of nitro groups is 1. The van der Waals surface area contributed by atoms with Gasteiger partial charge < -0.3 is 14.3 Å². The summed E-state index contributed by atoms with van der Waals surface area (Å²) in [4.78, 5) is 21.6. The van der Waals surface area contributed by atoms with Crippen LogP contribution in [0.5, 0.6) is 5.75 Å². The topological polar surface area (TPSA) is 103 Å². The number of aliphatic carboxylic acids is 1. The largest absolute Gasteiger partial charge is 0.488 e. The minimum atomic E-state index is -0.897. The molecule has 0 unspecified atom stereocenters. The van der Waals surface area contributed by atoms with Crippen LogP contribution in [-0.2, 0) is 11.2 Å². The summed E-state index contributed by atoms with van der Waals surface area (Å²) in [6.07, 6.45) is 0.779. The minimum absolute atomic E-state index is 0.00287. The van der Waals surface area contributed by atoms with Gasteiger partial charge in [0.2, 0.25) is 5.75 Å². The van der Waals surface area contributed by atoms with Crippen molar-refractivity contribution >= 4 is 33.6 Å². The molecule has 1 N–H and O–H groups in total. The van der Waals surface area contributed by atoms with Gasteiger partial charge in [-0.3, -0.25) is 14.9 Å². The second-order valence-corrected chi connectivity index (χ2v) is 5.39. The van der Waals surface area contributed by atoms with Crippen LogP contribution in [0, 0.1) is 10.1 Å². The predicted octanol–water partition coefficient (Wildman–Crippen LogP) is 3.91. The maximum absolute atomic E-state index is 11.4. The van der Waals surface area contributed by atoms with E-state index in [4.69, 9.17) is 14.3 Å². The number of carboxylic acid groups (broad SMARTS) is 1. The van der Waals surface area contributed by atoms with Crippen molar-refractivity contribution in [2.45, 2.75) is 19.3 Å². The fraction of sp³-hybridized carbons (Fsp3) is 0.235. The Hall–Kier alpha value is -3.09. The maximum Gasteiger partial charge on any atom is 0.315 e. The Balaban J connectivity index is 2.27. The van der Waals surface area contributed by atoms with Crippen LogP contribution in [0.15, 0.2) is 34.7 Å². The molecule has 7 nitrogen and oxygen atoms in total. The molecule has 0 fully saturated rings. The number of methoxy groups -OCH3 is 1. The summed E-state index contributed by atoms with van der Waals surface area (Å²) in [7, 11) is 1.36. The second-order valence-electron chi connectivity index (χ2n) is 5.39. The highest BCUT2D eigenvalue weighted by Gasteiger charge is 2.25. The van der Waals surface area contributed by atoms with Crippen LogP contribution in [0.3, 0.4) is 0 Å². The van der Waals surface area contributed by atoms with E-state index in [1.165, 1.54) is 13.2 Å². The molecule has 3 aromatic rings. The fourth-order valence-corrected chi connectivity index (χ4v) is 2.90. The number of nitrogens with zero attached hydrogens (tertiary/aromatic N) is 1. The van der Waals surface area contributed by atoms with E-state index in [0.717, 1.165) is 10.8 Å². The Morgan fingerprint density at radius 3 is 2.79 bits per heavy atom. The molecule has 0 aliphatic rings. The maximum atomic E-state index is 11.4. The number of nitro benzene ring substituents is 1. The number of fused-ring (bicyclic) bond motifs is 3. The van der Waals surface area contributed by atoms with E-state index in [-0.39, 0.29) is 17.9 Å². The zero-order valence-corrected chi connectivity index (χ0v) is 12.9. The number of hydrogen-bond donors (Lipinski definition) is 1. The van der Waals surface area contributed by atoms with Gasteiger partial charge in [-0.2, -0.15) is 0 Å². The van der Waals surface area contributed by atoms with Gasteiger partial charge in [0.25, 0.3) is 0 Å². The lowest BCUT2D eigenvalue weighted by Gasteiger charge is -2.07. The fourth-order valence-electron chi connectivity index (χ4n) is 2.90. The second kappa shape index (κ2) is 6.19. The third-order valence-corrected chi connectivity index (χ3v) is 3.90. The number of rotatable bonds is 6. The van der Waals surface area contributed by atoms with Gasteiger partial charge >= 0.3 is 11.7 Å². The molecule has 0 radical (unpaired) electrons. The SMILES string of the molecule is COc1c([N+](=O)[O-])cc(CCCC(=O)O)c2c1oc1ccccc12. The Morgan fingerprint density at radius 1 is 1.38 bits per heavy atom. The van der Waals surface area contributed by atoms with Crippen LogP contribution in [0.25, 0.3) is 21.9 Å². The van der Waals surface area contributed by atoms with E-state index in [1.54, 1.807) is 6.07 Å². The molecule has 7 heteroatoms. The van der Waals surface area contributed by atoms with Crippen molar-refractivity contribution in [3.8, 4) is 5.75 Å². The standard InChI is InChI=1S/C17H15NO6/c1-23-16-12(18(21)22)9-10(5-4-8-14(19)20)15-11-6-2-3-7-13(11)24-17(15)16/h2-3,6-7,9H,4-5,8H2,1H3,(H,19,20). The average Bonchev–Trinajstić information content (AvgIpc) is 2.93. The molecule has 0 amide bonds. The minimum Gasteiger partial charge on any atom is -0.488 e. The first-order valence-electron chi connectivity index (χ1n) is 7.40. The highest BCUT2D eigenvalue weighted by molar-refractivity contribution is 6.09. The van der Waals surface area contributed by atoms with Gasteiger partial charge in [-0.1, -0.05) is 18.2 Å². The monoisotopic (exact) mass is 329 g/mol. The summed E-state index contributed by atoms with van der Waals surface area (Å²) < 4.78 is 11.0. The Morgan fingerprint density at radius 2 is 2.12 bits per heavy atom. The molecule has 3 rings (SSSR count). The molecule has 0 aliphatic heterocycles. The molecule has 0 bridgehead atoms. The molecular weight excluding hydrogens is 314 g/mol. The summed E-state index contributed by atoms with van der Waals surface area (Å²) >= 11 is 0. The van der Waals surface area contributed by atoms with Crippen LogP contribution in [0.4, 0.5) is 5.69 Å². The van der Waals surface area contributed by atoms with Gasteiger partial charge in [0, 0.05) is 23.3 Å². The Bertz CT molecular complexity index is 943. The molecule has 2 aromatic carbocycles. The van der Waals surface area contributed by atoms with Crippen molar-refractivity contribution in [3.05, 3.63) is 46.0 Å². The molecule has 24 heavy (non-hydrogen) atoms. The van der Waals surface area contributed by atoms with Crippen LogP contribution < -0.4 is 4.74 Å². The lowest BCUT2D eigenvalue weighted by Crippen LogP contribution is -1.99. The van der Waals surface area contributed by atoms with Crippen molar-refractivity contribution in [1.29, 1.82) is 0 Å². The molecule has 1 aromatic heterocycles. The molecule has 0 saturated carbocycles. The summed E-state index contributed by atoms with van der Waals surface area (Å²) in [6, 6.07) is 8.77. The van der Waals surface area contributed by atoms with Crippen LogP contribution in [0.2, 0.25) is 0 Å². The van der Waals surface area contributed by atoms with E-state index in [2.05, 4.69) is 0 Å². The molecule has 0 saturated heterocycles. The zero-order valence-electron chi connectivity index (χ0n) is 12.9. The van der Waals surface area contributed by atoms with E-state index >= 15 is 0 Å². The van der Waals surface area contributed by atoms with Gasteiger partial charge in [-0.25, -0.2) is 0 Å². The van der Waals surface area contributed by atoms with E-state index in [9.17, 15) is 14.9 Å². The number of benzene rings is 2. The highest BCUT2D eigenvalue weighted by Crippen LogP contribution is 2.43. The van der Waals surface area contributed by atoms with Gasteiger partial charge in [-0.15, -0.1) is 0 Å². The number of hydrogen-bond acceptors (Lipinski definition) is 5. The predicted molar refractivity (Wildman–Crippen MR) is 87.5 cm³/mol. The van der Waals surface area contributed by atoms with Crippen molar-refractivity contribution in [1.82, 2.24) is 0 Å². The first-order valence-corrected chi connectivity index (χ1v) is 7.40. The summed E-state index contributed by atoms with van der Waals surface area (Å²) in [5.74, 6) is -0.820. The molecule has 1 heterocycles. The molecule has 0 spiro atoms. The van der Waals surface area contributed by atoms with Crippen molar-refractivity contribution in [3.63, 3.8) is 0 Å².